The van der Waals surface area contributed by atoms with Crippen molar-refractivity contribution < 1.29 is 23.9 Å². The molecule has 0 saturated heterocycles. The van der Waals surface area contributed by atoms with Crippen LogP contribution in [0.2, 0.25) is 0 Å². The van der Waals surface area contributed by atoms with Crippen LogP contribution >= 0.6 is 0 Å². The fourth-order valence-corrected chi connectivity index (χ4v) is 4.10. The summed E-state index contributed by atoms with van der Waals surface area (Å²) in [7, 11) is 0. The van der Waals surface area contributed by atoms with Gasteiger partial charge in [0.2, 0.25) is 0 Å². The molecule has 0 saturated carbocycles. The Hall–Kier alpha value is -1.91. The molecule has 27 heavy (non-hydrogen) atoms. The topological polar surface area (TPSA) is 69.7 Å². The first-order valence-electron chi connectivity index (χ1n) is 9.93. The van der Waals surface area contributed by atoms with E-state index in [9.17, 15) is 14.4 Å². The van der Waals surface area contributed by atoms with Gasteiger partial charge in [-0.2, -0.15) is 0 Å². The van der Waals surface area contributed by atoms with Gasteiger partial charge in [0.1, 0.15) is 18.0 Å². The number of fused-ring (bicyclic) bond motifs is 1. The third kappa shape index (κ3) is 6.05. The van der Waals surface area contributed by atoms with Crippen LogP contribution in [0.3, 0.4) is 0 Å². The normalized spacial score (nSPS) is 30.3. The molecule has 0 fully saturated rings. The summed E-state index contributed by atoms with van der Waals surface area (Å²) >= 11 is 0. The zero-order chi connectivity index (χ0) is 20.1. The molecule has 1 heterocycles. The Morgan fingerprint density at radius 1 is 1.26 bits per heavy atom. The Balaban J connectivity index is 2.38. The standard InChI is InChI=1S/C22H32O5/c1-13(2)21-19(26-16(5)23)10-15(4)8-6-7-14(3)9-18(24)11-17-12-20(21)27-22(17)25/h8,12-14,19-21H,6-7,9-11H2,1-5H3. The number of ether oxygens (including phenoxy) is 2. The third-order valence-electron chi connectivity index (χ3n) is 5.41. The van der Waals surface area contributed by atoms with Gasteiger partial charge >= 0.3 is 11.9 Å². The molecule has 0 aromatic rings. The number of carbonyl (C=O) groups excluding carboxylic acids is 3. The summed E-state index contributed by atoms with van der Waals surface area (Å²) in [6.07, 6.45) is 6.12. The van der Waals surface area contributed by atoms with Gasteiger partial charge in [-0.3, -0.25) is 9.59 Å². The number of carbonyl (C=O) groups is 3. The third-order valence-corrected chi connectivity index (χ3v) is 5.41. The van der Waals surface area contributed by atoms with E-state index in [0.29, 0.717) is 18.4 Å². The largest absolute Gasteiger partial charge is 0.462 e. The molecule has 150 valence electrons. The van der Waals surface area contributed by atoms with Crippen LogP contribution in [0.15, 0.2) is 23.3 Å². The fraction of sp³-hybridized carbons (Fsp3) is 0.682. The number of allylic oxidation sites excluding steroid dienone is 1. The summed E-state index contributed by atoms with van der Waals surface area (Å²) in [6, 6.07) is 0. The number of hydrogen-bond acceptors (Lipinski definition) is 5. The second-order valence-corrected chi connectivity index (χ2v) is 8.39. The highest BCUT2D eigenvalue weighted by atomic mass is 16.6. The van der Waals surface area contributed by atoms with Crippen LogP contribution in [0.25, 0.3) is 0 Å². The minimum atomic E-state index is -0.474. The van der Waals surface area contributed by atoms with Crippen LogP contribution in [0.5, 0.6) is 0 Å². The number of ketones is 1. The van der Waals surface area contributed by atoms with Crippen molar-refractivity contribution in [1.29, 1.82) is 0 Å². The van der Waals surface area contributed by atoms with Gasteiger partial charge < -0.3 is 9.47 Å². The van der Waals surface area contributed by atoms with Crippen molar-refractivity contribution in [1.82, 2.24) is 0 Å². The van der Waals surface area contributed by atoms with Crippen molar-refractivity contribution in [3.05, 3.63) is 23.3 Å². The van der Waals surface area contributed by atoms with E-state index >= 15 is 0 Å². The van der Waals surface area contributed by atoms with Crippen LogP contribution in [-0.2, 0) is 23.9 Å². The molecule has 2 rings (SSSR count). The van der Waals surface area contributed by atoms with E-state index in [-0.39, 0.29) is 42.0 Å². The highest BCUT2D eigenvalue weighted by Crippen LogP contribution is 2.34. The van der Waals surface area contributed by atoms with Gasteiger partial charge in [-0.15, -0.1) is 0 Å². The van der Waals surface area contributed by atoms with Crippen molar-refractivity contribution >= 4 is 17.7 Å². The summed E-state index contributed by atoms with van der Waals surface area (Å²) in [5.74, 6) is -0.435. The maximum Gasteiger partial charge on any atom is 0.334 e. The highest BCUT2D eigenvalue weighted by molar-refractivity contribution is 5.97. The van der Waals surface area contributed by atoms with E-state index in [1.807, 2.05) is 20.8 Å². The Bertz CT molecular complexity index is 643. The minimum Gasteiger partial charge on any atom is -0.462 e. The second kappa shape index (κ2) is 9.34. The zero-order valence-corrected chi connectivity index (χ0v) is 17.1. The molecule has 0 radical (unpaired) electrons. The maximum atomic E-state index is 12.4. The van der Waals surface area contributed by atoms with Crippen molar-refractivity contribution in [2.45, 2.75) is 78.9 Å². The van der Waals surface area contributed by atoms with Crippen LogP contribution in [0, 0.1) is 17.8 Å². The Labute approximate surface area is 162 Å². The van der Waals surface area contributed by atoms with Crippen LogP contribution in [0.1, 0.15) is 66.7 Å². The molecule has 0 amide bonds. The highest BCUT2D eigenvalue weighted by Gasteiger charge is 2.40. The average Bonchev–Trinajstić information content (AvgIpc) is 2.85. The molecule has 4 unspecified atom stereocenters. The van der Waals surface area contributed by atoms with E-state index in [0.717, 1.165) is 18.4 Å². The fourth-order valence-electron chi connectivity index (χ4n) is 4.10. The minimum absolute atomic E-state index is 0.0711. The van der Waals surface area contributed by atoms with E-state index < -0.39 is 12.1 Å². The first-order chi connectivity index (χ1) is 12.7. The molecule has 1 aliphatic carbocycles. The molecule has 0 spiro atoms. The van der Waals surface area contributed by atoms with Crippen molar-refractivity contribution in [2.75, 3.05) is 0 Å². The maximum absolute atomic E-state index is 12.4. The lowest BCUT2D eigenvalue weighted by Crippen LogP contribution is -2.38. The van der Waals surface area contributed by atoms with E-state index in [1.165, 1.54) is 6.92 Å². The molecule has 1 aliphatic heterocycles. The first kappa shape index (κ1) is 21.4. The Kier molecular flexibility index (Phi) is 7.40. The number of Topliss-reactive ketones (excluding diaryl/α,β-unsaturated/α-hetero) is 1. The molecule has 0 aromatic carbocycles. The molecular formula is C22H32O5. The van der Waals surface area contributed by atoms with Gasteiger partial charge in [0.15, 0.2) is 0 Å². The summed E-state index contributed by atoms with van der Waals surface area (Å²) in [5, 5.41) is 0. The first-order valence-corrected chi connectivity index (χ1v) is 9.93. The van der Waals surface area contributed by atoms with Crippen molar-refractivity contribution in [3.8, 4) is 0 Å². The van der Waals surface area contributed by atoms with E-state index in [2.05, 4.69) is 13.0 Å². The smallest absolute Gasteiger partial charge is 0.334 e. The summed E-state index contributed by atoms with van der Waals surface area (Å²) in [6.45, 7) is 9.58. The number of rotatable bonds is 2. The van der Waals surface area contributed by atoms with Crippen LogP contribution in [0.4, 0.5) is 0 Å². The van der Waals surface area contributed by atoms with Gasteiger partial charge in [0.25, 0.3) is 0 Å². The van der Waals surface area contributed by atoms with Crippen LogP contribution in [-0.4, -0.2) is 29.9 Å². The molecule has 5 nitrogen and oxygen atoms in total. The predicted octanol–water partition coefficient (Wildman–Crippen LogP) is 4.16. The van der Waals surface area contributed by atoms with Gasteiger partial charge in [-0.05, 0) is 37.7 Å². The van der Waals surface area contributed by atoms with Gasteiger partial charge in [0.05, 0.1) is 0 Å². The SMILES string of the molecule is CC(=O)OC1CC(C)=CCCC(C)CC(=O)CC2=CC(OC2=O)C1C(C)C. The average molecular weight is 376 g/mol. The van der Waals surface area contributed by atoms with E-state index in [4.69, 9.17) is 9.47 Å². The lowest BCUT2D eigenvalue weighted by atomic mass is 9.82. The predicted molar refractivity (Wildman–Crippen MR) is 103 cm³/mol. The van der Waals surface area contributed by atoms with E-state index in [1.54, 1.807) is 6.08 Å². The van der Waals surface area contributed by atoms with Crippen LogP contribution < -0.4 is 0 Å². The Morgan fingerprint density at radius 3 is 2.59 bits per heavy atom. The number of hydrogen-bond donors (Lipinski definition) is 0. The zero-order valence-electron chi connectivity index (χ0n) is 17.1. The van der Waals surface area contributed by atoms with Crippen molar-refractivity contribution in [3.63, 3.8) is 0 Å². The molecular weight excluding hydrogens is 344 g/mol. The summed E-state index contributed by atoms with van der Waals surface area (Å²) in [5.41, 5.74) is 1.59. The molecule has 0 aromatic heterocycles. The van der Waals surface area contributed by atoms with Gasteiger partial charge in [0, 0.05) is 37.7 Å². The second-order valence-electron chi connectivity index (χ2n) is 8.39. The molecule has 5 heteroatoms. The lowest BCUT2D eigenvalue weighted by Gasteiger charge is -2.33. The number of esters is 2. The Morgan fingerprint density at radius 2 is 1.96 bits per heavy atom. The molecule has 4 atom stereocenters. The van der Waals surface area contributed by atoms with Gasteiger partial charge in [-0.25, -0.2) is 4.79 Å². The summed E-state index contributed by atoms with van der Waals surface area (Å²) < 4.78 is 11.3. The summed E-state index contributed by atoms with van der Waals surface area (Å²) in [4.78, 5) is 36.4. The molecule has 2 aliphatic rings. The molecule has 2 bridgehead atoms. The van der Waals surface area contributed by atoms with Gasteiger partial charge in [-0.1, -0.05) is 32.4 Å². The molecule has 0 N–H and O–H groups in total. The van der Waals surface area contributed by atoms with Crippen molar-refractivity contribution in [2.24, 2.45) is 17.8 Å². The monoisotopic (exact) mass is 376 g/mol. The quantitative estimate of drug-likeness (QED) is 0.535. The lowest BCUT2D eigenvalue weighted by molar-refractivity contribution is -0.156.